The highest BCUT2D eigenvalue weighted by molar-refractivity contribution is 7.89. The molecule has 1 heterocycles. The first-order chi connectivity index (χ1) is 16.7. The summed E-state index contributed by atoms with van der Waals surface area (Å²) in [6.07, 6.45) is 0. The zero-order chi connectivity index (χ0) is 25.2. The van der Waals surface area contributed by atoms with E-state index in [0.29, 0.717) is 18.8 Å². The Kier molecular flexibility index (Phi) is 7.01. The highest BCUT2D eigenvalue weighted by atomic mass is 32.2. The maximum Gasteiger partial charge on any atom is 0.312 e. The average molecular weight is 499 g/mol. The SMILES string of the molecule is COc1ccc(S(=O)(=O)N2CCN(C(C)C(=O)Nc3ccc4ccccc4c3)CC2)cc1[N+](=O)[O-]. The maximum atomic E-state index is 13.1. The van der Waals surface area contributed by atoms with Crippen LogP contribution in [0, 0.1) is 10.1 Å². The van der Waals surface area contributed by atoms with E-state index in [4.69, 9.17) is 4.74 Å². The number of benzene rings is 3. The summed E-state index contributed by atoms with van der Waals surface area (Å²) >= 11 is 0. The number of nitro groups is 1. The Balaban J connectivity index is 1.40. The minimum Gasteiger partial charge on any atom is -0.490 e. The third kappa shape index (κ3) is 5.11. The van der Waals surface area contributed by atoms with Gasteiger partial charge in [-0.3, -0.25) is 19.8 Å². The van der Waals surface area contributed by atoms with E-state index < -0.39 is 26.7 Å². The second-order valence-electron chi connectivity index (χ2n) is 8.26. The summed E-state index contributed by atoms with van der Waals surface area (Å²) in [4.78, 5) is 25.2. The molecule has 1 N–H and O–H groups in total. The zero-order valence-electron chi connectivity index (χ0n) is 19.4. The highest BCUT2D eigenvalue weighted by Gasteiger charge is 2.33. The first-order valence-corrected chi connectivity index (χ1v) is 12.5. The minimum absolute atomic E-state index is 0.00924. The van der Waals surface area contributed by atoms with Gasteiger partial charge in [0.05, 0.1) is 23.0 Å². The number of hydrogen-bond donors (Lipinski definition) is 1. The van der Waals surface area contributed by atoms with Crippen LogP contribution in [0.1, 0.15) is 6.92 Å². The number of sulfonamides is 1. The van der Waals surface area contributed by atoms with Crippen molar-refractivity contribution in [1.29, 1.82) is 0 Å². The molecule has 1 unspecified atom stereocenters. The Morgan fingerprint density at radius 1 is 1.03 bits per heavy atom. The Hall–Kier alpha value is -3.54. The Labute approximate surface area is 203 Å². The van der Waals surface area contributed by atoms with Crippen molar-refractivity contribution in [3.05, 3.63) is 70.8 Å². The third-order valence-corrected chi connectivity index (χ3v) is 8.10. The summed E-state index contributed by atoms with van der Waals surface area (Å²) in [6, 6.07) is 16.7. The predicted molar refractivity (Wildman–Crippen MR) is 132 cm³/mol. The number of carbonyl (C=O) groups excluding carboxylic acids is 1. The molecule has 3 aromatic rings. The third-order valence-electron chi connectivity index (χ3n) is 6.20. The molecule has 1 aliphatic heterocycles. The van der Waals surface area contributed by atoms with E-state index in [0.717, 1.165) is 16.8 Å². The molecule has 1 aliphatic rings. The van der Waals surface area contributed by atoms with Crippen molar-refractivity contribution in [2.75, 3.05) is 38.6 Å². The Morgan fingerprint density at radius 2 is 1.71 bits per heavy atom. The predicted octanol–water partition coefficient (Wildman–Crippen LogP) is 3.09. The van der Waals surface area contributed by atoms with Gasteiger partial charge in [0.15, 0.2) is 5.75 Å². The number of amides is 1. The first-order valence-electron chi connectivity index (χ1n) is 11.1. The van der Waals surface area contributed by atoms with Crippen molar-refractivity contribution in [3.8, 4) is 5.75 Å². The van der Waals surface area contributed by atoms with Gasteiger partial charge in [0, 0.05) is 37.9 Å². The monoisotopic (exact) mass is 498 g/mol. The molecule has 0 saturated carbocycles. The van der Waals surface area contributed by atoms with Crippen LogP contribution in [0.25, 0.3) is 10.8 Å². The second kappa shape index (κ2) is 9.98. The quantitative estimate of drug-likeness (QED) is 0.392. The topological polar surface area (TPSA) is 122 Å². The maximum absolute atomic E-state index is 13.1. The number of anilines is 1. The minimum atomic E-state index is -3.94. The van der Waals surface area contributed by atoms with Crippen molar-refractivity contribution in [2.45, 2.75) is 17.9 Å². The fraction of sp³-hybridized carbons (Fsp3) is 0.292. The van der Waals surface area contributed by atoms with Crippen molar-refractivity contribution in [1.82, 2.24) is 9.21 Å². The normalized spacial score (nSPS) is 16.1. The number of piperazine rings is 1. The average Bonchev–Trinajstić information content (AvgIpc) is 2.87. The molecule has 184 valence electrons. The van der Waals surface area contributed by atoms with Crippen LogP contribution in [0.15, 0.2) is 65.6 Å². The molecule has 0 radical (unpaired) electrons. The van der Waals surface area contributed by atoms with Crippen LogP contribution in [0.3, 0.4) is 0 Å². The molecule has 0 bridgehead atoms. The van der Waals surface area contributed by atoms with Gasteiger partial charge in [0.25, 0.3) is 0 Å². The summed E-state index contributed by atoms with van der Waals surface area (Å²) < 4.78 is 32.4. The van der Waals surface area contributed by atoms with Crippen LogP contribution < -0.4 is 10.1 Å². The second-order valence-corrected chi connectivity index (χ2v) is 10.2. The van der Waals surface area contributed by atoms with E-state index >= 15 is 0 Å². The molecule has 1 atom stereocenters. The van der Waals surface area contributed by atoms with Gasteiger partial charge in [-0.05, 0) is 42.0 Å². The van der Waals surface area contributed by atoms with Crippen molar-refractivity contribution >= 4 is 38.1 Å². The summed E-state index contributed by atoms with van der Waals surface area (Å²) in [5.74, 6) is -0.188. The van der Waals surface area contributed by atoms with Crippen LogP contribution in [0.2, 0.25) is 0 Å². The van der Waals surface area contributed by atoms with Crippen LogP contribution in [0.5, 0.6) is 5.75 Å². The molecular weight excluding hydrogens is 472 g/mol. The van der Waals surface area contributed by atoms with Crippen LogP contribution in [-0.4, -0.2) is 67.8 Å². The summed E-state index contributed by atoms with van der Waals surface area (Å²) in [7, 11) is -2.65. The number of hydrogen-bond acceptors (Lipinski definition) is 7. The smallest absolute Gasteiger partial charge is 0.312 e. The van der Waals surface area contributed by atoms with E-state index in [-0.39, 0.29) is 29.6 Å². The molecule has 1 fully saturated rings. The number of carbonyl (C=O) groups is 1. The Bertz CT molecular complexity index is 1370. The number of nitrogens with one attached hydrogen (secondary N) is 1. The lowest BCUT2D eigenvalue weighted by Crippen LogP contribution is -2.53. The molecule has 0 aromatic heterocycles. The van der Waals surface area contributed by atoms with E-state index in [9.17, 15) is 23.3 Å². The van der Waals surface area contributed by atoms with Gasteiger partial charge in [-0.15, -0.1) is 0 Å². The standard InChI is InChI=1S/C24H26N4O6S/c1-17(24(29)25-20-8-7-18-5-3-4-6-19(18)15-20)26-11-13-27(14-12-26)35(32,33)21-9-10-23(34-2)22(16-21)28(30)31/h3-10,15-17H,11-14H2,1-2H3,(H,25,29). The van der Waals surface area contributed by atoms with E-state index in [1.165, 1.54) is 23.5 Å². The fourth-order valence-electron chi connectivity index (χ4n) is 4.13. The number of nitro benzene ring substituents is 1. The molecule has 1 saturated heterocycles. The molecule has 10 nitrogen and oxygen atoms in total. The summed E-state index contributed by atoms with van der Waals surface area (Å²) in [5, 5.41) is 16.3. The molecule has 4 rings (SSSR count). The van der Waals surface area contributed by atoms with E-state index in [2.05, 4.69) is 5.32 Å². The lowest BCUT2D eigenvalue weighted by Gasteiger charge is -2.36. The summed E-state index contributed by atoms with van der Waals surface area (Å²) in [5.41, 5.74) is 0.286. The lowest BCUT2D eigenvalue weighted by atomic mass is 10.1. The van der Waals surface area contributed by atoms with Crippen molar-refractivity contribution < 1.29 is 22.9 Å². The van der Waals surface area contributed by atoms with Gasteiger partial charge < -0.3 is 10.1 Å². The largest absolute Gasteiger partial charge is 0.490 e. The molecule has 0 aliphatic carbocycles. The molecule has 0 spiro atoms. The number of methoxy groups -OCH3 is 1. The van der Waals surface area contributed by atoms with Crippen LogP contribution in [0.4, 0.5) is 11.4 Å². The number of rotatable bonds is 7. The number of ether oxygens (including phenoxy) is 1. The first kappa shape index (κ1) is 24.6. The van der Waals surface area contributed by atoms with Gasteiger partial charge in [-0.25, -0.2) is 8.42 Å². The molecular formula is C24H26N4O6S. The van der Waals surface area contributed by atoms with Crippen LogP contribution in [-0.2, 0) is 14.8 Å². The van der Waals surface area contributed by atoms with Gasteiger partial charge in [-0.1, -0.05) is 30.3 Å². The number of nitrogens with zero attached hydrogens (tertiary/aromatic N) is 3. The van der Waals surface area contributed by atoms with Gasteiger partial charge in [0.1, 0.15) is 0 Å². The van der Waals surface area contributed by atoms with Crippen LogP contribution >= 0.6 is 0 Å². The Morgan fingerprint density at radius 3 is 2.37 bits per heavy atom. The number of fused-ring (bicyclic) bond motifs is 1. The van der Waals surface area contributed by atoms with Gasteiger partial charge in [0.2, 0.25) is 15.9 Å². The fourth-order valence-corrected chi connectivity index (χ4v) is 5.58. The van der Waals surface area contributed by atoms with Gasteiger partial charge >= 0.3 is 5.69 Å². The molecule has 1 amide bonds. The zero-order valence-corrected chi connectivity index (χ0v) is 20.2. The lowest BCUT2D eigenvalue weighted by molar-refractivity contribution is -0.386. The summed E-state index contributed by atoms with van der Waals surface area (Å²) in [6.45, 7) is 2.81. The molecule has 3 aromatic carbocycles. The van der Waals surface area contributed by atoms with Crippen molar-refractivity contribution in [3.63, 3.8) is 0 Å². The molecule has 11 heteroatoms. The van der Waals surface area contributed by atoms with Crippen molar-refractivity contribution in [2.24, 2.45) is 0 Å². The van der Waals surface area contributed by atoms with E-state index in [1.54, 1.807) is 6.92 Å². The molecule has 35 heavy (non-hydrogen) atoms. The highest BCUT2D eigenvalue weighted by Crippen LogP contribution is 2.31. The van der Waals surface area contributed by atoms with E-state index in [1.807, 2.05) is 47.4 Å². The van der Waals surface area contributed by atoms with Gasteiger partial charge in [-0.2, -0.15) is 4.31 Å².